The summed E-state index contributed by atoms with van der Waals surface area (Å²) in [6, 6.07) is 5.81. The molecular weight excluding hydrogens is 211 g/mol. The van der Waals surface area contributed by atoms with Gasteiger partial charge in [0.1, 0.15) is 11.3 Å². The van der Waals surface area contributed by atoms with Crippen LogP contribution in [0, 0.1) is 0 Å². The van der Waals surface area contributed by atoms with Gasteiger partial charge in [-0.1, -0.05) is 12.1 Å². The first-order chi connectivity index (χ1) is 4.72. The number of aromatic carboxylic acids is 1. The van der Waals surface area contributed by atoms with Gasteiger partial charge in [0, 0.05) is 17.1 Å². The molecule has 0 aliphatic rings. The number of hydrogen-bond acceptors (Lipinski definition) is 2. The van der Waals surface area contributed by atoms with Gasteiger partial charge in [-0.25, -0.2) is 4.79 Å². The third kappa shape index (κ3) is 3.61. The zero-order valence-corrected chi connectivity index (χ0v) is 6.57. The van der Waals surface area contributed by atoms with Crippen LogP contribution in [0.5, 0.6) is 5.75 Å². The van der Waals surface area contributed by atoms with Crippen LogP contribution in [0.1, 0.15) is 10.4 Å². The molecule has 0 aromatic heterocycles. The topological polar surface area (TPSA) is 57.5 Å². The van der Waals surface area contributed by atoms with Crippen LogP contribution in [0.15, 0.2) is 24.3 Å². The van der Waals surface area contributed by atoms with Crippen molar-refractivity contribution in [3.63, 3.8) is 0 Å². The average Bonchev–Trinajstić information content (AvgIpc) is 1.88. The van der Waals surface area contributed by atoms with E-state index in [1.807, 2.05) is 0 Å². The van der Waals surface area contributed by atoms with Crippen molar-refractivity contribution in [1.82, 2.24) is 0 Å². The summed E-state index contributed by atoms with van der Waals surface area (Å²) in [4.78, 5) is 10.3. The van der Waals surface area contributed by atoms with Crippen LogP contribution in [-0.2, 0) is 17.1 Å². The van der Waals surface area contributed by atoms with Crippen molar-refractivity contribution in [2.24, 2.45) is 0 Å². The average molecular weight is 218 g/mol. The summed E-state index contributed by atoms with van der Waals surface area (Å²) in [5.74, 6) is -1.31. The van der Waals surface area contributed by atoms with E-state index in [-0.39, 0.29) is 57.9 Å². The van der Waals surface area contributed by atoms with Crippen molar-refractivity contribution in [3.05, 3.63) is 29.8 Å². The fourth-order valence-electron chi connectivity index (χ4n) is 0.654. The van der Waals surface area contributed by atoms with Gasteiger partial charge in [-0.05, 0) is 12.1 Å². The Balaban J connectivity index is 0. The van der Waals surface area contributed by atoms with E-state index in [1.54, 1.807) is 12.1 Å². The fraction of sp³-hybridized carbons (Fsp3) is 0. The van der Waals surface area contributed by atoms with Crippen LogP contribution in [-0.4, -0.2) is 45.7 Å². The van der Waals surface area contributed by atoms with Crippen LogP contribution >= 0.6 is 0 Å². The molecule has 0 unspecified atom stereocenters. The second kappa shape index (κ2) is 6.52. The Morgan fingerprint density at radius 3 is 2.08 bits per heavy atom. The molecule has 0 spiro atoms. The van der Waals surface area contributed by atoms with E-state index < -0.39 is 5.97 Å². The van der Waals surface area contributed by atoms with Crippen LogP contribution in [0.2, 0.25) is 0 Å². The summed E-state index contributed by atoms with van der Waals surface area (Å²) in [7, 11) is 0. The maximum atomic E-state index is 10.3. The van der Waals surface area contributed by atoms with E-state index in [1.165, 1.54) is 12.1 Å². The van der Waals surface area contributed by atoms with Gasteiger partial charge in [0.15, 0.2) is 0 Å². The van der Waals surface area contributed by atoms with Crippen molar-refractivity contribution >= 4 is 35.5 Å². The van der Waals surface area contributed by atoms with E-state index >= 15 is 0 Å². The first-order valence-corrected chi connectivity index (χ1v) is 2.73. The molecule has 0 atom stereocenters. The minimum absolute atomic E-state index is 0. The first kappa shape index (κ1) is 14.5. The van der Waals surface area contributed by atoms with Gasteiger partial charge < -0.3 is 10.2 Å². The number of carbonyl (C=O) groups is 1. The van der Waals surface area contributed by atoms with E-state index in [2.05, 4.69) is 0 Å². The van der Waals surface area contributed by atoms with E-state index in [9.17, 15) is 4.79 Å². The van der Waals surface area contributed by atoms with Crippen molar-refractivity contribution < 1.29 is 32.1 Å². The van der Waals surface area contributed by atoms with Crippen molar-refractivity contribution in [2.75, 3.05) is 0 Å². The molecule has 0 aliphatic carbocycles. The first-order valence-electron chi connectivity index (χ1n) is 2.73. The molecule has 62 valence electrons. The number of rotatable bonds is 1. The molecule has 12 heavy (non-hydrogen) atoms. The summed E-state index contributed by atoms with van der Waals surface area (Å²) in [6.45, 7) is 0. The van der Waals surface area contributed by atoms with Crippen molar-refractivity contribution in [3.8, 4) is 5.75 Å². The Morgan fingerprint density at radius 2 is 1.75 bits per heavy atom. The second-order valence-electron chi connectivity index (χ2n) is 1.82. The quantitative estimate of drug-likeness (QED) is 0.672. The molecule has 0 amide bonds. The molecule has 1 aromatic rings. The predicted molar refractivity (Wildman–Crippen MR) is 42.2 cm³/mol. The number of carboxylic acids is 1. The zero-order valence-electron chi connectivity index (χ0n) is 5.47. The standard InChI is InChI=1S/C7H6O3.Fe.Na.H/c8-6-4-2-1-3-5(6)7(9)10;;;/h1-4,8H,(H,9,10);;;. The molecule has 0 radical (unpaired) electrons. The summed E-state index contributed by atoms with van der Waals surface area (Å²) in [5, 5.41) is 17.3. The van der Waals surface area contributed by atoms with Gasteiger partial charge >= 0.3 is 35.5 Å². The Morgan fingerprint density at radius 1 is 1.25 bits per heavy atom. The number of phenols is 1. The number of benzene rings is 1. The van der Waals surface area contributed by atoms with Crippen LogP contribution < -0.4 is 0 Å². The molecule has 1 aromatic carbocycles. The summed E-state index contributed by atoms with van der Waals surface area (Å²) < 4.78 is 0. The molecule has 3 nitrogen and oxygen atoms in total. The molecule has 0 bridgehead atoms. The van der Waals surface area contributed by atoms with Crippen LogP contribution in [0.4, 0.5) is 0 Å². The molecule has 0 aliphatic heterocycles. The van der Waals surface area contributed by atoms with Gasteiger partial charge in [0.2, 0.25) is 0 Å². The molecule has 0 fully saturated rings. The summed E-state index contributed by atoms with van der Waals surface area (Å²) in [6.07, 6.45) is 0. The SMILES string of the molecule is O=C(O)c1ccccc1O.[Fe].[NaH]. The van der Waals surface area contributed by atoms with Crippen molar-refractivity contribution in [2.45, 2.75) is 0 Å². The molecular formula is C7H7FeNaO3. The Hall–Kier alpha value is 0.00948. The fourth-order valence-corrected chi connectivity index (χ4v) is 0.654. The van der Waals surface area contributed by atoms with E-state index in [4.69, 9.17) is 10.2 Å². The Labute approximate surface area is 103 Å². The van der Waals surface area contributed by atoms with Gasteiger partial charge in [0.05, 0.1) is 0 Å². The summed E-state index contributed by atoms with van der Waals surface area (Å²) >= 11 is 0. The second-order valence-corrected chi connectivity index (χ2v) is 1.82. The molecule has 2 N–H and O–H groups in total. The molecule has 1 rings (SSSR count). The maximum absolute atomic E-state index is 10.3. The van der Waals surface area contributed by atoms with Crippen molar-refractivity contribution in [1.29, 1.82) is 0 Å². The third-order valence-corrected chi connectivity index (χ3v) is 1.13. The number of para-hydroxylation sites is 1. The van der Waals surface area contributed by atoms with Gasteiger partial charge in [-0.2, -0.15) is 0 Å². The minimum atomic E-state index is -1.11. The van der Waals surface area contributed by atoms with Gasteiger partial charge in [-0.3, -0.25) is 0 Å². The van der Waals surface area contributed by atoms with Crippen LogP contribution in [0.3, 0.4) is 0 Å². The Kier molecular flexibility index (Phi) is 7.89. The summed E-state index contributed by atoms with van der Waals surface area (Å²) in [5.41, 5.74) is -0.0671. The van der Waals surface area contributed by atoms with Crippen LogP contribution in [0.25, 0.3) is 0 Å². The number of hydrogen-bond donors (Lipinski definition) is 2. The third-order valence-electron chi connectivity index (χ3n) is 1.13. The number of carboxylic acid groups (broad SMARTS) is 1. The predicted octanol–water partition coefficient (Wildman–Crippen LogP) is 0.439. The molecule has 0 heterocycles. The Bertz CT molecular complexity index is 265. The normalized spacial score (nSPS) is 7.67. The van der Waals surface area contributed by atoms with Gasteiger partial charge in [0.25, 0.3) is 0 Å². The van der Waals surface area contributed by atoms with E-state index in [0.29, 0.717) is 0 Å². The number of aromatic hydroxyl groups is 1. The van der Waals surface area contributed by atoms with Gasteiger partial charge in [-0.15, -0.1) is 0 Å². The zero-order chi connectivity index (χ0) is 7.56. The molecule has 5 heteroatoms. The molecule has 0 saturated heterocycles. The van der Waals surface area contributed by atoms with E-state index in [0.717, 1.165) is 0 Å². The monoisotopic (exact) mass is 218 g/mol. The molecule has 0 saturated carbocycles.